The maximum atomic E-state index is 11.9. The fourth-order valence-electron chi connectivity index (χ4n) is 1.92. The third kappa shape index (κ3) is 2.51. The SMILES string of the molecule is CC1(OC(=O)c2ccccc2)C=CCCC1. The first kappa shape index (κ1) is 10.9. The van der Waals surface area contributed by atoms with Crippen molar-refractivity contribution in [3.05, 3.63) is 48.0 Å². The maximum Gasteiger partial charge on any atom is 0.338 e. The lowest BCUT2D eigenvalue weighted by molar-refractivity contribution is 0.00572. The van der Waals surface area contributed by atoms with Crippen LogP contribution in [0, 0.1) is 0 Å². The number of rotatable bonds is 2. The van der Waals surface area contributed by atoms with Crippen LogP contribution in [-0.4, -0.2) is 11.6 Å². The fourth-order valence-corrected chi connectivity index (χ4v) is 1.92. The molecule has 84 valence electrons. The van der Waals surface area contributed by atoms with E-state index in [0.29, 0.717) is 5.56 Å². The van der Waals surface area contributed by atoms with E-state index >= 15 is 0 Å². The Balaban J connectivity index is 2.08. The van der Waals surface area contributed by atoms with Crippen molar-refractivity contribution in [2.24, 2.45) is 0 Å². The molecule has 0 aromatic heterocycles. The van der Waals surface area contributed by atoms with Crippen LogP contribution in [0.25, 0.3) is 0 Å². The molecule has 0 bridgehead atoms. The number of carbonyl (C=O) groups excluding carboxylic acids is 1. The Morgan fingerprint density at radius 1 is 1.31 bits per heavy atom. The predicted octanol–water partition coefficient (Wildman–Crippen LogP) is 3.34. The van der Waals surface area contributed by atoms with Gasteiger partial charge in [0.05, 0.1) is 5.56 Å². The molecule has 1 atom stereocenters. The fraction of sp³-hybridized carbons (Fsp3) is 0.357. The molecule has 0 saturated heterocycles. The van der Waals surface area contributed by atoms with Gasteiger partial charge in [-0.15, -0.1) is 0 Å². The highest BCUT2D eigenvalue weighted by Crippen LogP contribution is 2.26. The summed E-state index contributed by atoms with van der Waals surface area (Å²) in [6.45, 7) is 1.96. The summed E-state index contributed by atoms with van der Waals surface area (Å²) >= 11 is 0. The zero-order chi connectivity index (χ0) is 11.4. The Hall–Kier alpha value is -1.57. The van der Waals surface area contributed by atoms with E-state index in [1.807, 2.05) is 31.2 Å². The van der Waals surface area contributed by atoms with Crippen LogP contribution in [0.15, 0.2) is 42.5 Å². The third-order valence-electron chi connectivity index (χ3n) is 2.85. The molecule has 1 aromatic rings. The van der Waals surface area contributed by atoms with Crippen LogP contribution in [0.3, 0.4) is 0 Å². The van der Waals surface area contributed by atoms with Crippen LogP contribution in [0.2, 0.25) is 0 Å². The molecule has 0 fully saturated rings. The molecular formula is C14H16O2. The predicted molar refractivity (Wildman–Crippen MR) is 63.3 cm³/mol. The van der Waals surface area contributed by atoms with Crippen molar-refractivity contribution >= 4 is 5.97 Å². The minimum absolute atomic E-state index is 0.241. The zero-order valence-corrected chi connectivity index (χ0v) is 9.48. The van der Waals surface area contributed by atoms with Gasteiger partial charge < -0.3 is 4.74 Å². The molecule has 0 N–H and O–H groups in total. The topological polar surface area (TPSA) is 26.3 Å². The van der Waals surface area contributed by atoms with Crippen LogP contribution < -0.4 is 0 Å². The molecule has 16 heavy (non-hydrogen) atoms. The summed E-state index contributed by atoms with van der Waals surface area (Å²) in [5.74, 6) is -0.241. The number of hydrogen-bond donors (Lipinski definition) is 0. The summed E-state index contributed by atoms with van der Waals surface area (Å²) in [6.07, 6.45) is 7.15. The van der Waals surface area contributed by atoms with Crippen LogP contribution in [-0.2, 0) is 4.74 Å². The molecule has 2 nitrogen and oxygen atoms in total. The standard InChI is InChI=1S/C14H16O2/c1-14(10-6-3-7-11-14)16-13(15)12-8-4-2-5-9-12/h2,4-6,8-10H,3,7,11H2,1H3. The van der Waals surface area contributed by atoms with Gasteiger partial charge in [-0.2, -0.15) is 0 Å². The average molecular weight is 216 g/mol. The van der Waals surface area contributed by atoms with Crippen LogP contribution in [0.5, 0.6) is 0 Å². The third-order valence-corrected chi connectivity index (χ3v) is 2.85. The number of benzene rings is 1. The molecule has 2 rings (SSSR count). The molecule has 0 amide bonds. The van der Waals surface area contributed by atoms with Crippen LogP contribution >= 0.6 is 0 Å². The van der Waals surface area contributed by atoms with Gasteiger partial charge in [0.15, 0.2) is 0 Å². The Labute approximate surface area is 95.9 Å². The largest absolute Gasteiger partial charge is 0.452 e. The summed E-state index contributed by atoms with van der Waals surface area (Å²) < 4.78 is 5.54. The highest BCUT2D eigenvalue weighted by Gasteiger charge is 2.27. The van der Waals surface area contributed by atoms with Gasteiger partial charge in [-0.3, -0.25) is 0 Å². The molecule has 2 heteroatoms. The lowest BCUT2D eigenvalue weighted by atomic mass is 9.93. The lowest BCUT2D eigenvalue weighted by Gasteiger charge is -2.28. The minimum Gasteiger partial charge on any atom is -0.452 e. The van der Waals surface area contributed by atoms with Gasteiger partial charge in [-0.25, -0.2) is 4.79 Å². The van der Waals surface area contributed by atoms with Crippen LogP contribution in [0.4, 0.5) is 0 Å². The number of allylic oxidation sites excluding steroid dienone is 1. The molecule has 1 unspecified atom stereocenters. The van der Waals surface area contributed by atoms with Crippen molar-refractivity contribution in [2.45, 2.75) is 31.8 Å². The van der Waals surface area contributed by atoms with E-state index < -0.39 is 5.60 Å². The summed E-state index contributed by atoms with van der Waals surface area (Å²) in [5.41, 5.74) is 0.188. The molecule has 1 aromatic carbocycles. The van der Waals surface area contributed by atoms with Crippen molar-refractivity contribution in [2.75, 3.05) is 0 Å². The van der Waals surface area contributed by atoms with E-state index in [1.165, 1.54) is 0 Å². The summed E-state index contributed by atoms with van der Waals surface area (Å²) in [7, 11) is 0. The molecule has 0 radical (unpaired) electrons. The van der Waals surface area contributed by atoms with Crippen molar-refractivity contribution in [3.8, 4) is 0 Å². The Morgan fingerprint density at radius 2 is 2.06 bits per heavy atom. The van der Waals surface area contributed by atoms with E-state index in [4.69, 9.17) is 4.74 Å². The quantitative estimate of drug-likeness (QED) is 0.560. The Morgan fingerprint density at radius 3 is 2.69 bits per heavy atom. The van der Waals surface area contributed by atoms with Gasteiger partial charge in [0.25, 0.3) is 0 Å². The number of hydrogen-bond acceptors (Lipinski definition) is 2. The van der Waals surface area contributed by atoms with E-state index in [-0.39, 0.29) is 5.97 Å². The highest BCUT2D eigenvalue weighted by molar-refractivity contribution is 5.89. The Bertz CT molecular complexity index is 394. The smallest absolute Gasteiger partial charge is 0.338 e. The average Bonchev–Trinajstić information content (AvgIpc) is 2.30. The van der Waals surface area contributed by atoms with Gasteiger partial charge in [0.1, 0.15) is 5.60 Å². The second-order valence-electron chi connectivity index (χ2n) is 4.36. The van der Waals surface area contributed by atoms with Gasteiger partial charge in [0.2, 0.25) is 0 Å². The molecule has 1 aliphatic carbocycles. The number of esters is 1. The second-order valence-corrected chi connectivity index (χ2v) is 4.36. The number of ether oxygens (including phenoxy) is 1. The number of carbonyl (C=O) groups is 1. The van der Waals surface area contributed by atoms with Gasteiger partial charge in [0, 0.05) is 0 Å². The van der Waals surface area contributed by atoms with Crippen molar-refractivity contribution in [3.63, 3.8) is 0 Å². The molecule has 0 heterocycles. The van der Waals surface area contributed by atoms with E-state index in [1.54, 1.807) is 12.1 Å². The van der Waals surface area contributed by atoms with Crippen LogP contribution in [0.1, 0.15) is 36.5 Å². The van der Waals surface area contributed by atoms with E-state index in [0.717, 1.165) is 19.3 Å². The first-order valence-corrected chi connectivity index (χ1v) is 5.66. The highest BCUT2D eigenvalue weighted by atomic mass is 16.6. The first-order valence-electron chi connectivity index (χ1n) is 5.66. The molecule has 0 spiro atoms. The van der Waals surface area contributed by atoms with Crippen molar-refractivity contribution < 1.29 is 9.53 Å². The molecule has 0 saturated carbocycles. The molecule has 0 aliphatic heterocycles. The molecular weight excluding hydrogens is 200 g/mol. The van der Waals surface area contributed by atoms with Gasteiger partial charge in [-0.1, -0.05) is 24.3 Å². The first-order chi connectivity index (χ1) is 7.70. The maximum absolute atomic E-state index is 11.9. The van der Waals surface area contributed by atoms with Crippen molar-refractivity contribution in [1.82, 2.24) is 0 Å². The van der Waals surface area contributed by atoms with Crippen molar-refractivity contribution in [1.29, 1.82) is 0 Å². The van der Waals surface area contributed by atoms with E-state index in [9.17, 15) is 4.79 Å². The minimum atomic E-state index is -0.425. The van der Waals surface area contributed by atoms with E-state index in [2.05, 4.69) is 6.08 Å². The lowest BCUT2D eigenvalue weighted by Crippen LogP contribution is -2.30. The van der Waals surface area contributed by atoms with Gasteiger partial charge in [-0.05, 0) is 44.4 Å². The summed E-state index contributed by atoms with van der Waals surface area (Å²) in [5, 5.41) is 0. The Kier molecular flexibility index (Phi) is 3.09. The molecule has 1 aliphatic rings. The summed E-state index contributed by atoms with van der Waals surface area (Å²) in [4.78, 5) is 11.9. The zero-order valence-electron chi connectivity index (χ0n) is 9.48. The monoisotopic (exact) mass is 216 g/mol. The second kappa shape index (κ2) is 4.52. The summed E-state index contributed by atoms with van der Waals surface area (Å²) in [6, 6.07) is 9.13. The normalized spacial score (nSPS) is 24.1. The van der Waals surface area contributed by atoms with Gasteiger partial charge >= 0.3 is 5.97 Å².